The SMILES string of the molecule is CCCCS(=O)(=O)NCC(=O)CCC(=O)OC. The first-order chi connectivity index (χ1) is 7.91. The third-order valence-electron chi connectivity index (χ3n) is 2.09. The molecule has 0 saturated carbocycles. The highest BCUT2D eigenvalue weighted by molar-refractivity contribution is 7.89. The van der Waals surface area contributed by atoms with E-state index in [0.717, 1.165) is 6.42 Å². The predicted molar refractivity (Wildman–Crippen MR) is 63.0 cm³/mol. The molecular weight excluding hydrogens is 246 g/mol. The molecule has 0 fully saturated rings. The Hall–Kier alpha value is -0.950. The summed E-state index contributed by atoms with van der Waals surface area (Å²) in [5, 5.41) is 0. The predicted octanol–water partition coefficient (Wildman–Crippen LogP) is 0.228. The van der Waals surface area contributed by atoms with Crippen molar-refractivity contribution >= 4 is 21.8 Å². The molecule has 0 aromatic rings. The Bertz CT molecular complexity index is 350. The number of hydrogen-bond acceptors (Lipinski definition) is 5. The second-order valence-corrected chi connectivity index (χ2v) is 5.53. The lowest BCUT2D eigenvalue weighted by Crippen LogP contribution is -2.31. The lowest BCUT2D eigenvalue weighted by atomic mass is 10.2. The zero-order chi connectivity index (χ0) is 13.3. The van der Waals surface area contributed by atoms with Crippen LogP contribution in [0.4, 0.5) is 0 Å². The van der Waals surface area contributed by atoms with E-state index in [1.54, 1.807) is 0 Å². The van der Waals surface area contributed by atoms with Crippen LogP contribution in [0.2, 0.25) is 0 Å². The fourth-order valence-electron chi connectivity index (χ4n) is 1.03. The number of ether oxygens (including phenoxy) is 1. The van der Waals surface area contributed by atoms with Crippen LogP contribution in [0, 0.1) is 0 Å². The van der Waals surface area contributed by atoms with E-state index in [1.165, 1.54) is 7.11 Å². The average molecular weight is 265 g/mol. The number of esters is 1. The number of unbranched alkanes of at least 4 members (excludes halogenated alkanes) is 1. The van der Waals surface area contributed by atoms with Crippen molar-refractivity contribution in [2.45, 2.75) is 32.6 Å². The first-order valence-corrected chi connectivity index (χ1v) is 7.12. The zero-order valence-electron chi connectivity index (χ0n) is 10.2. The second kappa shape index (κ2) is 8.19. The third-order valence-corrected chi connectivity index (χ3v) is 3.50. The quantitative estimate of drug-likeness (QED) is 0.603. The normalized spacial score (nSPS) is 11.2. The molecule has 17 heavy (non-hydrogen) atoms. The summed E-state index contributed by atoms with van der Waals surface area (Å²) in [4.78, 5) is 22.0. The number of sulfonamides is 1. The number of ketones is 1. The van der Waals surface area contributed by atoms with Crippen LogP contribution >= 0.6 is 0 Å². The van der Waals surface area contributed by atoms with Gasteiger partial charge in [-0.2, -0.15) is 0 Å². The van der Waals surface area contributed by atoms with Crippen molar-refractivity contribution in [2.24, 2.45) is 0 Å². The molecule has 6 nitrogen and oxygen atoms in total. The van der Waals surface area contributed by atoms with Crippen molar-refractivity contribution in [3.8, 4) is 0 Å². The molecule has 0 heterocycles. The molecular formula is C10H19NO5S. The minimum atomic E-state index is -3.37. The molecule has 100 valence electrons. The van der Waals surface area contributed by atoms with Crippen molar-refractivity contribution in [3.05, 3.63) is 0 Å². The van der Waals surface area contributed by atoms with Gasteiger partial charge in [-0.05, 0) is 6.42 Å². The van der Waals surface area contributed by atoms with E-state index >= 15 is 0 Å². The summed E-state index contributed by atoms with van der Waals surface area (Å²) < 4.78 is 29.2. The van der Waals surface area contributed by atoms with E-state index < -0.39 is 16.0 Å². The molecule has 0 aromatic heterocycles. The van der Waals surface area contributed by atoms with E-state index in [0.29, 0.717) is 6.42 Å². The summed E-state index contributed by atoms with van der Waals surface area (Å²) in [5.74, 6) is -0.781. The summed E-state index contributed by atoms with van der Waals surface area (Å²) in [6.07, 6.45) is 1.30. The van der Waals surface area contributed by atoms with Crippen LogP contribution in [0.1, 0.15) is 32.6 Å². The molecule has 0 aliphatic rings. The minimum Gasteiger partial charge on any atom is -0.469 e. The molecule has 0 aromatic carbocycles. The highest BCUT2D eigenvalue weighted by Crippen LogP contribution is 1.96. The Morgan fingerprint density at radius 2 is 1.88 bits per heavy atom. The number of Topliss-reactive ketones (excluding diaryl/α,β-unsaturated/α-hetero) is 1. The topological polar surface area (TPSA) is 89.5 Å². The van der Waals surface area contributed by atoms with Gasteiger partial charge in [0.05, 0.1) is 25.8 Å². The van der Waals surface area contributed by atoms with Crippen LogP contribution in [0.5, 0.6) is 0 Å². The Morgan fingerprint density at radius 3 is 2.41 bits per heavy atom. The molecule has 1 N–H and O–H groups in total. The highest BCUT2D eigenvalue weighted by atomic mass is 32.2. The first kappa shape index (κ1) is 16.1. The summed E-state index contributed by atoms with van der Waals surface area (Å²) in [6, 6.07) is 0. The molecule has 0 bridgehead atoms. The number of methoxy groups -OCH3 is 1. The lowest BCUT2D eigenvalue weighted by Gasteiger charge is -2.05. The van der Waals surface area contributed by atoms with Crippen molar-refractivity contribution in [3.63, 3.8) is 0 Å². The zero-order valence-corrected chi connectivity index (χ0v) is 11.0. The van der Waals surface area contributed by atoms with Gasteiger partial charge in [0.15, 0.2) is 0 Å². The Balaban J connectivity index is 3.87. The maximum atomic E-state index is 11.3. The number of carbonyl (C=O) groups excluding carboxylic acids is 2. The van der Waals surface area contributed by atoms with Gasteiger partial charge in [0.1, 0.15) is 5.78 Å². The molecule has 0 aliphatic carbocycles. The van der Waals surface area contributed by atoms with E-state index in [1.807, 2.05) is 6.92 Å². The standard InChI is InChI=1S/C10H19NO5S/c1-3-4-7-17(14,15)11-8-9(12)5-6-10(13)16-2/h11H,3-8H2,1-2H3. The second-order valence-electron chi connectivity index (χ2n) is 3.61. The van der Waals surface area contributed by atoms with Gasteiger partial charge >= 0.3 is 5.97 Å². The minimum absolute atomic E-state index is 0.0109. The fourth-order valence-corrected chi connectivity index (χ4v) is 2.22. The monoisotopic (exact) mass is 265 g/mol. The van der Waals surface area contributed by atoms with Gasteiger partial charge in [0.2, 0.25) is 10.0 Å². The van der Waals surface area contributed by atoms with E-state index in [-0.39, 0.29) is 30.9 Å². The summed E-state index contributed by atoms with van der Waals surface area (Å²) >= 11 is 0. The maximum absolute atomic E-state index is 11.3. The van der Waals surface area contributed by atoms with Crippen LogP contribution in [0.25, 0.3) is 0 Å². The molecule has 0 rings (SSSR count). The number of nitrogens with one attached hydrogen (secondary N) is 1. The van der Waals surface area contributed by atoms with E-state index in [2.05, 4.69) is 9.46 Å². The Kier molecular flexibility index (Phi) is 7.73. The fraction of sp³-hybridized carbons (Fsp3) is 0.800. The highest BCUT2D eigenvalue weighted by Gasteiger charge is 2.12. The molecule has 0 aliphatic heterocycles. The molecule has 7 heteroatoms. The number of rotatable bonds is 9. The van der Waals surface area contributed by atoms with Gasteiger partial charge in [-0.15, -0.1) is 0 Å². The summed E-state index contributed by atoms with van der Waals surface area (Å²) in [6.45, 7) is 1.63. The molecule has 0 atom stereocenters. The van der Waals surface area contributed by atoms with Crippen molar-refractivity contribution < 1.29 is 22.7 Å². The maximum Gasteiger partial charge on any atom is 0.305 e. The lowest BCUT2D eigenvalue weighted by molar-refractivity contribution is -0.141. The van der Waals surface area contributed by atoms with Crippen LogP contribution in [0.3, 0.4) is 0 Å². The van der Waals surface area contributed by atoms with Crippen molar-refractivity contribution in [1.29, 1.82) is 0 Å². The molecule has 0 spiro atoms. The number of carbonyl (C=O) groups is 2. The molecule has 0 unspecified atom stereocenters. The smallest absolute Gasteiger partial charge is 0.305 e. The molecule has 0 radical (unpaired) electrons. The Morgan fingerprint density at radius 1 is 1.24 bits per heavy atom. The van der Waals surface area contributed by atoms with Crippen molar-refractivity contribution in [2.75, 3.05) is 19.4 Å². The molecule has 0 amide bonds. The van der Waals surface area contributed by atoms with Gasteiger partial charge < -0.3 is 4.74 Å². The van der Waals surface area contributed by atoms with E-state index in [4.69, 9.17) is 0 Å². The van der Waals surface area contributed by atoms with Gasteiger partial charge in [0, 0.05) is 6.42 Å². The van der Waals surface area contributed by atoms with Crippen LogP contribution in [0.15, 0.2) is 0 Å². The average Bonchev–Trinajstić information content (AvgIpc) is 2.31. The van der Waals surface area contributed by atoms with Gasteiger partial charge in [-0.3, -0.25) is 9.59 Å². The van der Waals surface area contributed by atoms with Crippen LogP contribution < -0.4 is 4.72 Å². The molecule has 0 saturated heterocycles. The summed E-state index contributed by atoms with van der Waals surface area (Å²) in [5.41, 5.74) is 0. The number of hydrogen-bond donors (Lipinski definition) is 1. The Labute approximate surface area is 102 Å². The van der Waals surface area contributed by atoms with Crippen molar-refractivity contribution in [1.82, 2.24) is 4.72 Å². The third kappa shape index (κ3) is 8.82. The first-order valence-electron chi connectivity index (χ1n) is 5.47. The largest absolute Gasteiger partial charge is 0.469 e. The van der Waals surface area contributed by atoms with Crippen LogP contribution in [-0.2, 0) is 24.3 Å². The summed E-state index contributed by atoms with van der Waals surface area (Å²) in [7, 11) is -2.13. The van der Waals surface area contributed by atoms with Gasteiger partial charge in [0.25, 0.3) is 0 Å². The van der Waals surface area contributed by atoms with Crippen LogP contribution in [-0.4, -0.2) is 39.6 Å². The van der Waals surface area contributed by atoms with Gasteiger partial charge in [-0.1, -0.05) is 13.3 Å². The van der Waals surface area contributed by atoms with Gasteiger partial charge in [-0.25, -0.2) is 13.1 Å². The van der Waals surface area contributed by atoms with E-state index in [9.17, 15) is 18.0 Å².